The Bertz CT molecular complexity index is 1190. The number of fused-ring (bicyclic) bond motifs is 2. The molecular weight excluding hydrogens is 398 g/mol. The number of benzene rings is 2. The van der Waals surface area contributed by atoms with Crippen LogP contribution in [-0.4, -0.2) is 42.8 Å². The fraction of sp³-hybridized carbons (Fsp3) is 0.304. The van der Waals surface area contributed by atoms with Gasteiger partial charge in [-0.1, -0.05) is 11.6 Å². The predicted octanol–water partition coefficient (Wildman–Crippen LogP) is 3.31. The van der Waals surface area contributed by atoms with Crippen LogP contribution in [-0.2, 0) is 6.42 Å². The first kappa shape index (κ1) is 20.2. The Morgan fingerprint density at radius 3 is 2.57 bits per heavy atom. The summed E-state index contributed by atoms with van der Waals surface area (Å²) >= 11 is 5.60. The van der Waals surface area contributed by atoms with Crippen LogP contribution < -0.4 is 20.3 Å². The van der Waals surface area contributed by atoms with Crippen molar-refractivity contribution in [1.82, 2.24) is 15.2 Å². The molecule has 3 aromatic rings. The Kier molecular flexibility index (Phi) is 5.39. The first-order chi connectivity index (χ1) is 14.5. The first-order valence-corrected chi connectivity index (χ1v) is 10.2. The Morgan fingerprint density at radius 1 is 1.13 bits per heavy atom. The van der Waals surface area contributed by atoms with Gasteiger partial charge in [0.1, 0.15) is 0 Å². The molecule has 7 heteroatoms. The van der Waals surface area contributed by atoms with Crippen molar-refractivity contribution in [3.05, 3.63) is 69.0 Å². The topological polar surface area (TPSA) is 66.6 Å². The highest BCUT2D eigenvalue weighted by Gasteiger charge is 2.33. The van der Waals surface area contributed by atoms with E-state index in [2.05, 4.69) is 21.3 Å². The molecule has 2 aromatic carbocycles. The third-order valence-electron chi connectivity index (χ3n) is 5.67. The molecule has 1 aliphatic heterocycles. The van der Waals surface area contributed by atoms with Crippen molar-refractivity contribution in [2.24, 2.45) is 0 Å². The van der Waals surface area contributed by atoms with Crippen LogP contribution in [0.1, 0.15) is 28.3 Å². The van der Waals surface area contributed by atoms with Gasteiger partial charge in [-0.15, -0.1) is 0 Å². The van der Waals surface area contributed by atoms with E-state index in [4.69, 9.17) is 21.7 Å². The van der Waals surface area contributed by atoms with Gasteiger partial charge < -0.3 is 24.7 Å². The van der Waals surface area contributed by atoms with Gasteiger partial charge in [-0.05, 0) is 72.4 Å². The minimum Gasteiger partial charge on any atom is -0.493 e. The van der Waals surface area contributed by atoms with Crippen LogP contribution in [0.25, 0.3) is 10.9 Å². The maximum absolute atomic E-state index is 13.2. The molecule has 2 N–H and O–H groups in total. The number of nitrogens with zero attached hydrogens (tertiary/aromatic N) is 1. The number of ether oxygens (including phenoxy) is 2. The summed E-state index contributed by atoms with van der Waals surface area (Å²) in [7, 11) is 5.05. The number of hydrogen-bond donors (Lipinski definition) is 2. The number of aromatic nitrogens is 1. The highest BCUT2D eigenvalue weighted by atomic mass is 32.1. The largest absolute Gasteiger partial charge is 0.493 e. The Hall–Kier alpha value is -3.06. The predicted molar refractivity (Wildman–Crippen MR) is 123 cm³/mol. The van der Waals surface area contributed by atoms with Gasteiger partial charge in [-0.2, -0.15) is 0 Å². The van der Waals surface area contributed by atoms with E-state index in [9.17, 15) is 4.79 Å². The molecule has 0 unspecified atom stereocenters. The van der Waals surface area contributed by atoms with E-state index in [1.807, 2.05) is 37.3 Å². The van der Waals surface area contributed by atoms with Crippen molar-refractivity contribution in [3.8, 4) is 11.5 Å². The monoisotopic (exact) mass is 423 g/mol. The van der Waals surface area contributed by atoms with Gasteiger partial charge >= 0.3 is 0 Å². The molecule has 1 atom stereocenters. The Morgan fingerprint density at radius 2 is 1.87 bits per heavy atom. The molecule has 0 fully saturated rings. The number of pyridine rings is 1. The van der Waals surface area contributed by atoms with Crippen LogP contribution >= 0.6 is 12.2 Å². The normalized spacial score (nSPS) is 15.6. The van der Waals surface area contributed by atoms with Gasteiger partial charge in [0.15, 0.2) is 16.6 Å². The summed E-state index contributed by atoms with van der Waals surface area (Å²) in [4.78, 5) is 18.3. The number of thiocarbonyl (C=S) groups is 1. The summed E-state index contributed by atoms with van der Waals surface area (Å²) in [5.41, 5.74) is 4.60. The summed E-state index contributed by atoms with van der Waals surface area (Å²) in [6, 6.07) is 11.6. The van der Waals surface area contributed by atoms with Gasteiger partial charge in [0.2, 0.25) is 0 Å². The van der Waals surface area contributed by atoms with E-state index < -0.39 is 0 Å². The molecule has 0 saturated carbocycles. The summed E-state index contributed by atoms with van der Waals surface area (Å²) < 4.78 is 11.0. The quantitative estimate of drug-likeness (QED) is 0.630. The van der Waals surface area contributed by atoms with Crippen LogP contribution in [0.3, 0.4) is 0 Å². The SMILES string of the molecule is CNC(=S)N1CCc2cc(OC)c(OC)cc2[C@@H]1c1cc2cc(C)ccc2[nH]c1=O. The standard InChI is InChI=1S/C23H25N3O3S/c1-13-5-6-18-15(9-13)10-17(22(27)25-18)21-16-12-20(29-4)19(28-3)11-14(16)7-8-26(21)23(30)24-2/h5-6,9-12,21H,7-8H2,1-4H3,(H,24,30)(H,25,27)/t21-/m1/s1. The summed E-state index contributed by atoms with van der Waals surface area (Å²) in [6.07, 6.45) is 0.790. The number of methoxy groups -OCH3 is 2. The van der Waals surface area contributed by atoms with E-state index in [1.165, 1.54) is 0 Å². The van der Waals surface area contributed by atoms with Crippen LogP contribution in [0.5, 0.6) is 11.5 Å². The lowest BCUT2D eigenvalue weighted by molar-refractivity contribution is 0.324. The number of hydrogen-bond acceptors (Lipinski definition) is 4. The second-order valence-electron chi connectivity index (χ2n) is 7.45. The lowest BCUT2D eigenvalue weighted by Crippen LogP contribution is -2.46. The van der Waals surface area contributed by atoms with Crippen molar-refractivity contribution in [1.29, 1.82) is 0 Å². The molecular formula is C23H25N3O3S. The molecule has 1 aromatic heterocycles. The molecule has 4 rings (SSSR count). The van der Waals surface area contributed by atoms with Crippen molar-refractivity contribution in [2.45, 2.75) is 19.4 Å². The van der Waals surface area contributed by atoms with E-state index in [1.54, 1.807) is 21.3 Å². The third-order valence-corrected chi connectivity index (χ3v) is 6.11. The minimum absolute atomic E-state index is 0.122. The number of aromatic amines is 1. The summed E-state index contributed by atoms with van der Waals surface area (Å²) in [5, 5.41) is 4.67. The molecule has 1 aliphatic rings. The first-order valence-electron chi connectivity index (χ1n) is 9.83. The molecule has 0 spiro atoms. The van der Waals surface area contributed by atoms with Crippen LogP contribution in [0.15, 0.2) is 41.2 Å². The number of H-pyrrole nitrogens is 1. The zero-order chi connectivity index (χ0) is 21.4. The van der Waals surface area contributed by atoms with Crippen molar-refractivity contribution < 1.29 is 9.47 Å². The third kappa shape index (κ3) is 3.39. The van der Waals surface area contributed by atoms with Crippen molar-refractivity contribution in [3.63, 3.8) is 0 Å². The number of aryl methyl sites for hydroxylation is 1. The molecule has 6 nitrogen and oxygen atoms in total. The van der Waals surface area contributed by atoms with Gasteiger partial charge in [0.25, 0.3) is 5.56 Å². The van der Waals surface area contributed by atoms with Crippen LogP contribution in [0.2, 0.25) is 0 Å². The smallest absolute Gasteiger partial charge is 0.254 e. The molecule has 0 aliphatic carbocycles. The highest BCUT2D eigenvalue weighted by molar-refractivity contribution is 7.80. The summed E-state index contributed by atoms with van der Waals surface area (Å²) in [5.74, 6) is 1.31. The maximum Gasteiger partial charge on any atom is 0.254 e. The van der Waals surface area contributed by atoms with Crippen LogP contribution in [0.4, 0.5) is 0 Å². The zero-order valence-electron chi connectivity index (χ0n) is 17.5. The van der Waals surface area contributed by atoms with E-state index in [0.29, 0.717) is 28.7 Å². The van der Waals surface area contributed by atoms with E-state index >= 15 is 0 Å². The van der Waals surface area contributed by atoms with Gasteiger partial charge in [-0.3, -0.25) is 4.79 Å². The lowest BCUT2D eigenvalue weighted by atomic mass is 9.88. The Balaban J connectivity index is 1.97. The van der Waals surface area contributed by atoms with Gasteiger partial charge in [0, 0.05) is 24.7 Å². The molecule has 2 heterocycles. The minimum atomic E-state index is -0.331. The Labute approximate surface area is 180 Å². The molecule has 30 heavy (non-hydrogen) atoms. The van der Waals surface area contributed by atoms with Crippen molar-refractivity contribution in [2.75, 3.05) is 27.8 Å². The average Bonchev–Trinajstić information content (AvgIpc) is 2.76. The second kappa shape index (κ2) is 7.99. The van der Waals surface area contributed by atoms with E-state index in [0.717, 1.165) is 34.0 Å². The highest BCUT2D eigenvalue weighted by Crippen LogP contribution is 2.40. The molecule has 0 saturated heterocycles. The number of nitrogens with one attached hydrogen (secondary N) is 2. The molecule has 0 bridgehead atoms. The molecule has 0 radical (unpaired) electrons. The average molecular weight is 424 g/mol. The van der Waals surface area contributed by atoms with Crippen molar-refractivity contribution >= 4 is 28.2 Å². The maximum atomic E-state index is 13.2. The second-order valence-corrected chi connectivity index (χ2v) is 7.84. The summed E-state index contributed by atoms with van der Waals surface area (Å²) in [6.45, 7) is 2.73. The zero-order valence-corrected chi connectivity index (χ0v) is 18.4. The lowest BCUT2D eigenvalue weighted by Gasteiger charge is -2.39. The fourth-order valence-electron chi connectivity index (χ4n) is 4.19. The van der Waals surface area contributed by atoms with Gasteiger partial charge in [0.05, 0.1) is 20.3 Å². The molecule has 156 valence electrons. The van der Waals surface area contributed by atoms with Crippen LogP contribution in [0, 0.1) is 6.92 Å². The number of rotatable bonds is 3. The molecule has 0 amide bonds. The van der Waals surface area contributed by atoms with E-state index in [-0.39, 0.29) is 11.6 Å². The van der Waals surface area contributed by atoms with Gasteiger partial charge in [-0.25, -0.2) is 0 Å². The fourth-order valence-corrected chi connectivity index (χ4v) is 4.39.